The lowest BCUT2D eigenvalue weighted by atomic mass is 9.31. The fourth-order valence-electron chi connectivity index (χ4n) is 16.7. The summed E-state index contributed by atoms with van der Waals surface area (Å²) in [5.74, 6) is 1.59. The van der Waals surface area contributed by atoms with Crippen LogP contribution in [0.2, 0.25) is 0 Å². The van der Waals surface area contributed by atoms with Crippen molar-refractivity contribution in [1.29, 1.82) is 0 Å². The van der Waals surface area contributed by atoms with E-state index in [1.54, 1.807) is 0 Å². The highest BCUT2D eigenvalue weighted by molar-refractivity contribution is 8.00. The highest BCUT2D eigenvalue weighted by Gasteiger charge is 2.48. The number of fused-ring (bicyclic) bond motifs is 14. The monoisotopic (exact) mass is 1290 g/mol. The fourth-order valence-corrected chi connectivity index (χ4v) is 17.9. The fraction of sp³-hybridized carbons (Fsp3) is 0. The number of anilines is 12. The van der Waals surface area contributed by atoms with E-state index in [-0.39, 0.29) is 13.4 Å². The van der Waals surface area contributed by atoms with Crippen LogP contribution in [0.15, 0.2) is 360 Å². The van der Waals surface area contributed by atoms with Gasteiger partial charge in [0.1, 0.15) is 22.7 Å². The average Bonchev–Trinajstić information content (AvgIpc) is 0.719. The van der Waals surface area contributed by atoms with Gasteiger partial charge in [0.05, 0.1) is 33.8 Å². The third kappa shape index (κ3) is 8.57. The van der Waals surface area contributed by atoms with Crippen LogP contribution in [0.25, 0.3) is 60.6 Å². The van der Waals surface area contributed by atoms with Crippen LogP contribution >= 0.6 is 11.8 Å². The first kappa shape index (κ1) is 56.5. The number of furan rings is 1. The van der Waals surface area contributed by atoms with Gasteiger partial charge in [0.25, 0.3) is 6.71 Å². The Hall–Kier alpha value is -12.6. The quantitative estimate of drug-likeness (QED) is 0.126. The van der Waals surface area contributed by atoms with E-state index in [0.29, 0.717) is 0 Å². The summed E-state index contributed by atoms with van der Waals surface area (Å²) in [6.45, 7) is -0.416. The lowest BCUT2D eigenvalue weighted by Crippen LogP contribution is -2.63. The Morgan fingerprint density at radius 1 is 0.280 bits per heavy atom. The van der Waals surface area contributed by atoms with E-state index < -0.39 is 0 Å². The summed E-state index contributed by atoms with van der Waals surface area (Å²) in [6.07, 6.45) is 0. The average molecular weight is 1290 g/mol. The zero-order chi connectivity index (χ0) is 65.5. The predicted molar refractivity (Wildman–Crippen MR) is 419 cm³/mol. The summed E-state index contributed by atoms with van der Waals surface area (Å²) in [6, 6.07) is 126. The smallest absolute Gasteiger partial charge is 0.256 e. The largest absolute Gasteiger partial charge is 0.458 e. The molecule has 4 aliphatic rings. The van der Waals surface area contributed by atoms with Gasteiger partial charge in [-0.2, -0.15) is 0 Å². The molecule has 17 aromatic rings. The molecule has 21 rings (SSSR count). The molecule has 0 atom stereocenters. The molecule has 0 spiro atoms. The highest BCUT2D eigenvalue weighted by atomic mass is 32.2. The number of hydrogen-bond acceptors (Lipinski definition) is 7. The molecule has 6 heterocycles. The Morgan fingerprint density at radius 2 is 0.770 bits per heavy atom. The highest BCUT2D eigenvalue weighted by Crippen LogP contribution is 2.53. The van der Waals surface area contributed by atoms with Crippen molar-refractivity contribution in [3.8, 4) is 28.3 Å². The normalized spacial score (nSPS) is 13.0. The minimum Gasteiger partial charge on any atom is -0.458 e. The van der Waals surface area contributed by atoms with E-state index in [2.05, 4.69) is 364 Å². The van der Waals surface area contributed by atoms with E-state index in [4.69, 9.17) is 9.15 Å². The summed E-state index contributed by atoms with van der Waals surface area (Å²) in [5.41, 5.74) is 26.9. The van der Waals surface area contributed by atoms with Crippen molar-refractivity contribution >= 4 is 170 Å². The number of nitrogens with zero attached hydrogens (tertiary/aromatic N) is 5. The van der Waals surface area contributed by atoms with Gasteiger partial charge in [-0.1, -0.05) is 236 Å². The molecule has 0 amide bonds. The van der Waals surface area contributed by atoms with Crippen LogP contribution in [-0.2, 0) is 0 Å². The van der Waals surface area contributed by atoms with Gasteiger partial charge in [-0.05, 0) is 143 Å². The van der Waals surface area contributed by atoms with Crippen LogP contribution < -0.4 is 57.1 Å². The molecule has 0 unspecified atom stereocenters. The van der Waals surface area contributed by atoms with Crippen LogP contribution in [0.1, 0.15) is 0 Å². The number of hydrogen-bond donors (Lipinski definition) is 0. The zero-order valence-electron chi connectivity index (χ0n) is 54.0. The molecule has 7 nitrogen and oxygen atoms in total. The van der Waals surface area contributed by atoms with E-state index in [1.165, 1.54) is 42.4 Å². The number of aromatic nitrogens is 1. The van der Waals surface area contributed by atoms with E-state index in [0.717, 1.165) is 140 Å². The van der Waals surface area contributed by atoms with Crippen LogP contribution in [-0.4, -0.2) is 18.0 Å². The Morgan fingerprint density at radius 3 is 1.44 bits per heavy atom. The first-order valence-corrected chi connectivity index (χ1v) is 35.0. The molecule has 15 aromatic carbocycles. The van der Waals surface area contributed by atoms with Gasteiger partial charge >= 0.3 is 0 Å². The lowest BCUT2D eigenvalue weighted by Gasteiger charge is -2.44. The molecule has 4 aliphatic heterocycles. The molecule has 0 saturated heterocycles. The molecular weight excluding hydrogens is 1240 g/mol. The van der Waals surface area contributed by atoms with Crippen molar-refractivity contribution in [1.82, 2.24) is 4.57 Å². The number of para-hydroxylation sites is 12. The van der Waals surface area contributed by atoms with Crippen LogP contribution in [0.4, 0.5) is 68.2 Å². The second-order valence-corrected chi connectivity index (χ2v) is 27.3. The molecule has 0 fully saturated rings. The Balaban J connectivity index is 0.847. The summed E-state index contributed by atoms with van der Waals surface area (Å²) in [4.78, 5) is 12.3. The third-order valence-corrected chi connectivity index (χ3v) is 22.0. The minimum atomic E-state index is -0.256. The standard InChI is InChI=1S/C90H57B2N5O2S/c1-5-28-58(29-6-1)93(59-30-7-2-8-31-59)62-52-81-88-85(54-62)98-84-57-80-72(56-73(84)91(88)70-42-17-22-47-77(70)96(81)76-46-21-15-38-66(76)68-40-27-41-69-67-39-16-25-50-83(67)99-90(68)69)92-71-43-18-26-51-86(71)100-87-55-63(94(60-32-9-3-10-33-60)61-34-11-4-12-35-61)53-82(89(87)92)97(80)79-49-24-23-48-78(79)95-74-44-19-13-36-64(74)65-37-14-20-45-75(65)95/h1-57H. The van der Waals surface area contributed by atoms with Gasteiger partial charge in [0.15, 0.2) is 0 Å². The second-order valence-electron chi connectivity index (χ2n) is 26.2. The van der Waals surface area contributed by atoms with Crippen molar-refractivity contribution in [3.63, 3.8) is 0 Å². The van der Waals surface area contributed by atoms with Gasteiger partial charge in [-0.25, -0.2) is 0 Å². The Bertz CT molecular complexity index is 6050. The number of benzene rings is 15. The van der Waals surface area contributed by atoms with E-state index in [1.807, 2.05) is 17.8 Å². The SMILES string of the molecule is c1ccc(N(c2ccccc2)c2cc3c4c(c2)N(c2ccccc2-c2cccc5c2oc2ccccc25)c2ccccc2B4c2cc4c(cc2O3)N(c2ccccc2-n2c3ccccc3c3ccccc32)c2cc(N(c3ccccc3)c3ccccc3)cc3c2B4c2ccccc2S3)cc1. The van der Waals surface area contributed by atoms with Crippen molar-refractivity contribution in [2.24, 2.45) is 0 Å². The van der Waals surface area contributed by atoms with Gasteiger partial charge < -0.3 is 33.3 Å². The van der Waals surface area contributed by atoms with Crippen molar-refractivity contribution in [2.45, 2.75) is 9.79 Å². The first-order chi connectivity index (χ1) is 49.6. The van der Waals surface area contributed by atoms with Crippen molar-refractivity contribution < 1.29 is 9.15 Å². The number of ether oxygens (including phenoxy) is 1. The minimum absolute atomic E-state index is 0.160. The molecule has 10 heteroatoms. The molecule has 2 aromatic heterocycles. The van der Waals surface area contributed by atoms with Gasteiger partial charge in [0, 0.05) is 106 Å². The summed E-state index contributed by atoms with van der Waals surface area (Å²) < 4.78 is 17.4. The van der Waals surface area contributed by atoms with Crippen LogP contribution in [0.3, 0.4) is 0 Å². The van der Waals surface area contributed by atoms with Crippen LogP contribution in [0, 0.1) is 0 Å². The maximum atomic E-state index is 7.99. The van der Waals surface area contributed by atoms with Crippen LogP contribution in [0.5, 0.6) is 11.5 Å². The Kier molecular flexibility index (Phi) is 12.7. The topological polar surface area (TPSA) is 40.3 Å². The summed E-state index contributed by atoms with van der Waals surface area (Å²) >= 11 is 1.88. The van der Waals surface area contributed by atoms with E-state index in [9.17, 15) is 0 Å². The van der Waals surface area contributed by atoms with E-state index >= 15 is 0 Å². The molecule has 0 saturated carbocycles. The number of rotatable bonds is 10. The van der Waals surface area contributed by atoms with Gasteiger partial charge in [0.2, 0.25) is 6.71 Å². The summed E-state index contributed by atoms with van der Waals surface area (Å²) in [7, 11) is 0. The van der Waals surface area contributed by atoms with Crippen molar-refractivity contribution in [3.05, 3.63) is 346 Å². The maximum Gasteiger partial charge on any atom is 0.256 e. The molecule has 0 radical (unpaired) electrons. The molecule has 100 heavy (non-hydrogen) atoms. The Labute approximate surface area is 583 Å². The second kappa shape index (κ2) is 22.5. The van der Waals surface area contributed by atoms with Gasteiger partial charge in [-0.15, -0.1) is 0 Å². The maximum absolute atomic E-state index is 7.99. The van der Waals surface area contributed by atoms with Gasteiger partial charge in [-0.3, -0.25) is 0 Å². The molecule has 0 N–H and O–H groups in total. The molecule has 0 aliphatic carbocycles. The zero-order valence-corrected chi connectivity index (χ0v) is 54.8. The molecule has 0 bridgehead atoms. The third-order valence-electron chi connectivity index (χ3n) is 20.8. The van der Waals surface area contributed by atoms with Crippen molar-refractivity contribution in [2.75, 3.05) is 19.6 Å². The molecular formula is C90H57B2N5O2S. The predicted octanol–water partition coefficient (Wildman–Crippen LogP) is 20.5. The lowest BCUT2D eigenvalue weighted by molar-refractivity contribution is 0.488. The first-order valence-electron chi connectivity index (χ1n) is 34.2. The summed E-state index contributed by atoms with van der Waals surface area (Å²) in [5, 5.41) is 4.59. The molecule has 466 valence electrons.